The van der Waals surface area contributed by atoms with Crippen LogP contribution in [0.4, 0.5) is 5.82 Å². The Morgan fingerprint density at radius 1 is 0.870 bits per heavy atom. The van der Waals surface area contributed by atoms with Crippen molar-refractivity contribution in [2.45, 2.75) is 65.8 Å². The van der Waals surface area contributed by atoms with Gasteiger partial charge in [-0.1, -0.05) is 0 Å². The number of nitrogens with one attached hydrogen (secondary N) is 1. The molecule has 2 aliphatic heterocycles. The van der Waals surface area contributed by atoms with Crippen molar-refractivity contribution in [1.82, 2.24) is 19.4 Å². The maximum Gasteiger partial charge on any atom is 0.331 e. The van der Waals surface area contributed by atoms with E-state index in [0.717, 1.165) is 5.82 Å². The van der Waals surface area contributed by atoms with E-state index in [2.05, 4.69) is 61.2 Å². The summed E-state index contributed by atoms with van der Waals surface area (Å²) in [5.74, 6) is 0.791. The molecule has 2 aliphatic rings. The van der Waals surface area contributed by atoms with Crippen LogP contribution in [0.15, 0.2) is 9.59 Å². The highest BCUT2D eigenvalue weighted by molar-refractivity contribution is 5.49. The van der Waals surface area contributed by atoms with Crippen LogP contribution in [0.5, 0.6) is 0 Å². The average Bonchev–Trinajstić information content (AvgIpc) is 2.41. The van der Waals surface area contributed by atoms with Gasteiger partial charge >= 0.3 is 5.69 Å². The zero-order valence-corrected chi connectivity index (χ0v) is 14.9. The summed E-state index contributed by atoms with van der Waals surface area (Å²) in [6.45, 7) is 15.4. The lowest BCUT2D eigenvalue weighted by Crippen LogP contribution is -2.62. The highest BCUT2D eigenvalue weighted by Gasteiger charge is 2.38. The van der Waals surface area contributed by atoms with Crippen LogP contribution in [0.2, 0.25) is 0 Å². The number of aromatic nitrogens is 2. The van der Waals surface area contributed by atoms with E-state index in [1.54, 1.807) is 4.57 Å². The van der Waals surface area contributed by atoms with Crippen molar-refractivity contribution in [3.63, 3.8) is 0 Å². The van der Waals surface area contributed by atoms with Gasteiger partial charge in [-0.15, -0.1) is 0 Å². The van der Waals surface area contributed by atoms with E-state index in [9.17, 15) is 9.59 Å². The molecule has 0 aromatic carbocycles. The van der Waals surface area contributed by atoms with Crippen LogP contribution in [-0.2, 0) is 13.2 Å². The maximum absolute atomic E-state index is 12.3. The Bertz CT molecular complexity index is 677. The van der Waals surface area contributed by atoms with Crippen LogP contribution in [0.1, 0.15) is 47.1 Å². The quantitative estimate of drug-likeness (QED) is 0.770. The van der Waals surface area contributed by atoms with Crippen LogP contribution in [0.25, 0.3) is 0 Å². The largest absolute Gasteiger partial charge is 0.331 e. The SMILES string of the molecule is CC(C)(C)N1Cc2c3n(c(=O)[nH]c2=O)CN(C(C)(C)C)CN3C1. The van der Waals surface area contributed by atoms with Gasteiger partial charge in [0.2, 0.25) is 0 Å². The van der Waals surface area contributed by atoms with Crippen molar-refractivity contribution in [2.24, 2.45) is 0 Å². The van der Waals surface area contributed by atoms with Crippen LogP contribution in [0, 0.1) is 0 Å². The third-order valence-electron chi connectivity index (χ3n) is 4.81. The number of rotatable bonds is 0. The molecule has 0 atom stereocenters. The fourth-order valence-electron chi connectivity index (χ4n) is 3.16. The van der Waals surface area contributed by atoms with Crippen LogP contribution >= 0.6 is 0 Å². The first-order chi connectivity index (χ1) is 10.5. The molecule has 0 spiro atoms. The molecule has 0 fully saturated rings. The van der Waals surface area contributed by atoms with E-state index in [-0.39, 0.29) is 22.3 Å². The van der Waals surface area contributed by atoms with Gasteiger partial charge in [0.1, 0.15) is 5.82 Å². The Morgan fingerprint density at radius 2 is 1.43 bits per heavy atom. The van der Waals surface area contributed by atoms with Crippen molar-refractivity contribution in [3.8, 4) is 0 Å². The lowest BCUT2D eigenvalue weighted by Gasteiger charge is -2.51. The maximum atomic E-state index is 12.3. The minimum absolute atomic E-state index is 0.0465. The van der Waals surface area contributed by atoms with Gasteiger partial charge in [0, 0.05) is 17.6 Å². The monoisotopic (exact) mass is 321 g/mol. The van der Waals surface area contributed by atoms with Gasteiger partial charge in [-0.3, -0.25) is 24.1 Å². The number of nitrogens with zero attached hydrogens (tertiary/aromatic N) is 4. The molecule has 1 aromatic rings. The average molecular weight is 321 g/mol. The molecule has 1 aromatic heterocycles. The van der Waals surface area contributed by atoms with Gasteiger partial charge in [-0.05, 0) is 41.5 Å². The lowest BCUT2D eigenvalue weighted by molar-refractivity contribution is 0.0524. The minimum atomic E-state index is -0.322. The number of hydrogen-bond acceptors (Lipinski definition) is 5. The third kappa shape index (κ3) is 2.72. The Labute approximate surface area is 136 Å². The Balaban J connectivity index is 2.15. The molecule has 7 nitrogen and oxygen atoms in total. The first-order valence-electron chi connectivity index (χ1n) is 8.09. The van der Waals surface area contributed by atoms with E-state index in [1.807, 2.05) is 0 Å². The molecule has 128 valence electrons. The second-order valence-electron chi connectivity index (χ2n) is 8.53. The summed E-state index contributed by atoms with van der Waals surface area (Å²) in [4.78, 5) is 33.8. The summed E-state index contributed by atoms with van der Waals surface area (Å²) in [6.07, 6.45) is 0. The normalized spacial score (nSPS) is 19.8. The van der Waals surface area contributed by atoms with E-state index in [0.29, 0.717) is 32.1 Å². The summed E-state index contributed by atoms with van der Waals surface area (Å²) in [5.41, 5.74) is 0.00710. The summed E-state index contributed by atoms with van der Waals surface area (Å²) in [6, 6.07) is 0. The Kier molecular flexibility index (Phi) is 3.50. The van der Waals surface area contributed by atoms with Gasteiger partial charge < -0.3 is 4.90 Å². The Hall–Kier alpha value is -1.60. The molecule has 0 aliphatic carbocycles. The third-order valence-corrected chi connectivity index (χ3v) is 4.81. The first kappa shape index (κ1) is 16.3. The molecule has 0 unspecified atom stereocenters. The highest BCUT2D eigenvalue weighted by Crippen LogP contribution is 2.32. The molecule has 3 rings (SSSR count). The van der Waals surface area contributed by atoms with Crippen molar-refractivity contribution < 1.29 is 0 Å². The first-order valence-corrected chi connectivity index (χ1v) is 8.09. The summed E-state index contributed by atoms with van der Waals surface area (Å²) >= 11 is 0. The van der Waals surface area contributed by atoms with Gasteiger partial charge in [0.05, 0.1) is 25.6 Å². The van der Waals surface area contributed by atoms with E-state index < -0.39 is 0 Å². The van der Waals surface area contributed by atoms with Gasteiger partial charge in [0.25, 0.3) is 5.56 Å². The van der Waals surface area contributed by atoms with Crippen molar-refractivity contribution in [1.29, 1.82) is 0 Å². The van der Waals surface area contributed by atoms with Crippen LogP contribution in [-0.4, -0.2) is 43.8 Å². The topological polar surface area (TPSA) is 64.6 Å². The van der Waals surface area contributed by atoms with Crippen molar-refractivity contribution in [2.75, 3.05) is 18.2 Å². The molecule has 0 amide bonds. The highest BCUT2D eigenvalue weighted by atomic mass is 16.2. The number of H-pyrrole nitrogens is 1. The van der Waals surface area contributed by atoms with E-state index in [4.69, 9.17) is 0 Å². The minimum Gasteiger partial charge on any atom is -0.331 e. The predicted octanol–water partition coefficient (Wildman–Crippen LogP) is 0.944. The zero-order chi connectivity index (χ0) is 17.2. The molecule has 1 N–H and O–H groups in total. The molecular weight excluding hydrogens is 294 g/mol. The summed E-state index contributed by atoms with van der Waals surface area (Å²) in [7, 11) is 0. The standard InChI is InChI=1S/C16H27N5O2/c1-15(2,3)19-7-11-12(22)17-14(23)21-10-20(16(4,5)6)9-18(8-19)13(11)21/h7-10H2,1-6H3,(H,17,22,23). The lowest BCUT2D eigenvalue weighted by atomic mass is 10.0. The van der Waals surface area contributed by atoms with Crippen molar-refractivity contribution in [3.05, 3.63) is 26.4 Å². The van der Waals surface area contributed by atoms with Crippen LogP contribution in [0.3, 0.4) is 0 Å². The molecule has 3 heterocycles. The molecule has 0 saturated heterocycles. The molecule has 0 radical (unpaired) electrons. The Morgan fingerprint density at radius 3 is 2.00 bits per heavy atom. The fourth-order valence-corrected chi connectivity index (χ4v) is 3.16. The number of aromatic amines is 1. The molecule has 0 saturated carbocycles. The van der Waals surface area contributed by atoms with E-state index in [1.165, 1.54) is 0 Å². The molecule has 23 heavy (non-hydrogen) atoms. The number of hydrogen-bond donors (Lipinski definition) is 1. The number of anilines is 1. The zero-order valence-electron chi connectivity index (χ0n) is 14.9. The fraction of sp³-hybridized carbons (Fsp3) is 0.750. The van der Waals surface area contributed by atoms with Crippen molar-refractivity contribution >= 4 is 5.82 Å². The summed E-state index contributed by atoms with van der Waals surface area (Å²) in [5, 5.41) is 0. The van der Waals surface area contributed by atoms with Gasteiger partial charge in [-0.25, -0.2) is 4.79 Å². The molecule has 0 bridgehead atoms. The van der Waals surface area contributed by atoms with Crippen LogP contribution < -0.4 is 16.1 Å². The van der Waals surface area contributed by atoms with Gasteiger partial charge in [0.15, 0.2) is 0 Å². The van der Waals surface area contributed by atoms with E-state index >= 15 is 0 Å². The predicted molar refractivity (Wildman–Crippen MR) is 90.4 cm³/mol. The second-order valence-corrected chi connectivity index (χ2v) is 8.53. The summed E-state index contributed by atoms with van der Waals surface area (Å²) < 4.78 is 1.70. The molecular formula is C16H27N5O2. The second kappa shape index (κ2) is 4.95. The van der Waals surface area contributed by atoms with Gasteiger partial charge in [-0.2, -0.15) is 0 Å². The molecule has 7 heteroatoms. The smallest absolute Gasteiger partial charge is 0.331 e.